The van der Waals surface area contributed by atoms with Gasteiger partial charge in [0.1, 0.15) is 0 Å². The summed E-state index contributed by atoms with van der Waals surface area (Å²) in [7, 11) is 0. The molecule has 1 rings (SSSR count). The molecule has 0 unspecified atom stereocenters. The van der Waals surface area contributed by atoms with Crippen molar-refractivity contribution >= 4 is 5.91 Å². The van der Waals surface area contributed by atoms with Gasteiger partial charge in [0.15, 0.2) is 0 Å². The standard InChI is InChI=1S/C14H25N3O2/c1-12(2)19-11-3-7-16-14(18)13-4-8-17(9-5-13)10-6-15/h12-13H,3-5,7-11H2,1-2H3,(H,16,18). The zero-order valence-electron chi connectivity index (χ0n) is 12.0. The van der Waals surface area contributed by atoms with E-state index in [0.29, 0.717) is 19.7 Å². The number of nitrogens with one attached hydrogen (secondary N) is 1. The Labute approximate surface area is 115 Å². The van der Waals surface area contributed by atoms with Crippen molar-refractivity contribution in [3.8, 4) is 6.07 Å². The first-order valence-electron chi connectivity index (χ1n) is 7.12. The highest BCUT2D eigenvalue weighted by atomic mass is 16.5. The van der Waals surface area contributed by atoms with Gasteiger partial charge in [-0.2, -0.15) is 5.26 Å². The van der Waals surface area contributed by atoms with Crippen LogP contribution in [0.3, 0.4) is 0 Å². The van der Waals surface area contributed by atoms with Crippen molar-refractivity contribution in [2.75, 3.05) is 32.8 Å². The minimum absolute atomic E-state index is 0.112. The fourth-order valence-corrected chi connectivity index (χ4v) is 2.20. The molecule has 1 heterocycles. The zero-order chi connectivity index (χ0) is 14.1. The number of nitriles is 1. The number of hydrogen-bond donors (Lipinski definition) is 1. The Morgan fingerprint density at radius 3 is 2.74 bits per heavy atom. The van der Waals surface area contributed by atoms with Gasteiger partial charge in [0.25, 0.3) is 0 Å². The lowest BCUT2D eigenvalue weighted by Gasteiger charge is -2.29. The maximum Gasteiger partial charge on any atom is 0.223 e. The summed E-state index contributed by atoms with van der Waals surface area (Å²) in [6, 6.07) is 2.15. The third-order valence-electron chi connectivity index (χ3n) is 3.32. The summed E-state index contributed by atoms with van der Waals surface area (Å²) in [6.45, 7) is 7.56. The molecule has 0 atom stereocenters. The highest BCUT2D eigenvalue weighted by Gasteiger charge is 2.24. The molecule has 0 spiro atoms. The first kappa shape index (κ1) is 15.9. The van der Waals surface area contributed by atoms with Crippen molar-refractivity contribution in [2.24, 2.45) is 5.92 Å². The molecular formula is C14H25N3O2. The number of piperidine rings is 1. The molecule has 0 aromatic rings. The van der Waals surface area contributed by atoms with E-state index in [0.717, 1.165) is 32.4 Å². The predicted molar refractivity (Wildman–Crippen MR) is 73.5 cm³/mol. The lowest BCUT2D eigenvalue weighted by molar-refractivity contribution is -0.126. The predicted octanol–water partition coefficient (Wildman–Crippen LogP) is 1.15. The van der Waals surface area contributed by atoms with E-state index in [2.05, 4.69) is 16.3 Å². The molecular weight excluding hydrogens is 242 g/mol. The molecule has 1 amide bonds. The van der Waals surface area contributed by atoms with E-state index in [1.165, 1.54) is 0 Å². The number of carbonyl (C=O) groups excluding carboxylic acids is 1. The van der Waals surface area contributed by atoms with Crippen LogP contribution < -0.4 is 5.32 Å². The Balaban J connectivity index is 2.09. The van der Waals surface area contributed by atoms with Crippen molar-refractivity contribution < 1.29 is 9.53 Å². The Bertz CT molecular complexity index is 304. The van der Waals surface area contributed by atoms with Crippen molar-refractivity contribution in [1.82, 2.24) is 10.2 Å². The third-order valence-corrected chi connectivity index (χ3v) is 3.32. The van der Waals surface area contributed by atoms with Crippen molar-refractivity contribution in [3.05, 3.63) is 0 Å². The highest BCUT2D eigenvalue weighted by Crippen LogP contribution is 2.16. The number of likely N-dealkylation sites (tertiary alicyclic amines) is 1. The monoisotopic (exact) mass is 267 g/mol. The van der Waals surface area contributed by atoms with E-state index in [4.69, 9.17) is 10.00 Å². The number of nitrogens with zero attached hydrogens (tertiary/aromatic N) is 2. The molecule has 0 saturated carbocycles. The van der Waals surface area contributed by atoms with Crippen LogP contribution in [0.5, 0.6) is 0 Å². The summed E-state index contributed by atoms with van der Waals surface area (Å²) in [6.07, 6.45) is 2.82. The van der Waals surface area contributed by atoms with Crippen LogP contribution >= 0.6 is 0 Å². The first-order valence-corrected chi connectivity index (χ1v) is 7.12. The van der Waals surface area contributed by atoms with E-state index < -0.39 is 0 Å². The summed E-state index contributed by atoms with van der Waals surface area (Å²) in [5, 5.41) is 11.6. The highest BCUT2D eigenvalue weighted by molar-refractivity contribution is 5.78. The molecule has 0 aromatic carbocycles. The van der Waals surface area contributed by atoms with Crippen LogP contribution in [0.2, 0.25) is 0 Å². The average molecular weight is 267 g/mol. The van der Waals surface area contributed by atoms with Crippen LogP contribution in [0.4, 0.5) is 0 Å². The van der Waals surface area contributed by atoms with Gasteiger partial charge in [0.2, 0.25) is 5.91 Å². The van der Waals surface area contributed by atoms with Gasteiger partial charge in [-0.3, -0.25) is 9.69 Å². The topological polar surface area (TPSA) is 65.4 Å². The molecule has 0 radical (unpaired) electrons. The SMILES string of the molecule is CC(C)OCCCNC(=O)C1CCN(CC#N)CC1. The summed E-state index contributed by atoms with van der Waals surface area (Å²) in [5.74, 6) is 0.266. The average Bonchev–Trinajstić information content (AvgIpc) is 2.39. The maximum atomic E-state index is 11.9. The fraction of sp³-hybridized carbons (Fsp3) is 0.857. The summed E-state index contributed by atoms with van der Waals surface area (Å²) >= 11 is 0. The van der Waals surface area contributed by atoms with Gasteiger partial charge in [-0.1, -0.05) is 0 Å². The number of amides is 1. The number of ether oxygens (including phenoxy) is 1. The van der Waals surface area contributed by atoms with Gasteiger partial charge in [0, 0.05) is 19.1 Å². The minimum Gasteiger partial charge on any atom is -0.379 e. The first-order chi connectivity index (χ1) is 9.13. The second-order valence-electron chi connectivity index (χ2n) is 5.27. The maximum absolute atomic E-state index is 11.9. The molecule has 5 nitrogen and oxygen atoms in total. The Kier molecular flexibility index (Phi) is 7.46. The second kappa shape index (κ2) is 8.89. The molecule has 1 saturated heterocycles. The molecule has 108 valence electrons. The van der Waals surface area contributed by atoms with Gasteiger partial charge >= 0.3 is 0 Å². The van der Waals surface area contributed by atoms with E-state index in [9.17, 15) is 4.79 Å². The molecule has 1 fully saturated rings. The summed E-state index contributed by atoms with van der Waals surface area (Å²) < 4.78 is 5.42. The molecule has 1 aliphatic heterocycles. The lowest BCUT2D eigenvalue weighted by atomic mass is 9.96. The molecule has 0 aliphatic carbocycles. The summed E-state index contributed by atoms with van der Waals surface area (Å²) in [4.78, 5) is 14.0. The molecule has 19 heavy (non-hydrogen) atoms. The Morgan fingerprint density at radius 1 is 1.47 bits per heavy atom. The largest absolute Gasteiger partial charge is 0.379 e. The number of hydrogen-bond acceptors (Lipinski definition) is 4. The van der Waals surface area contributed by atoms with E-state index in [1.807, 2.05) is 13.8 Å². The Hall–Kier alpha value is -1.12. The van der Waals surface area contributed by atoms with Crippen LogP contribution in [0.25, 0.3) is 0 Å². The van der Waals surface area contributed by atoms with Crippen LogP contribution in [-0.4, -0.2) is 49.7 Å². The van der Waals surface area contributed by atoms with E-state index in [-0.39, 0.29) is 17.9 Å². The van der Waals surface area contributed by atoms with Gasteiger partial charge in [-0.05, 0) is 46.2 Å². The summed E-state index contributed by atoms with van der Waals surface area (Å²) in [5.41, 5.74) is 0. The van der Waals surface area contributed by atoms with Crippen LogP contribution in [0.15, 0.2) is 0 Å². The fourth-order valence-electron chi connectivity index (χ4n) is 2.20. The van der Waals surface area contributed by atoms with E-state index >= 15 is 0 Å². The van der Waals surface area contributed by atoms with Gasteiger partial charge in [0.05, 0.1) is 18.7 Å². The molecule has 0 bridgehead atoms. The van der Waals surface area contributed by atoms with Crippen LogP contribution in [0.1, 0.15) is 33.1 Å². The second-order valence-corrected chi connectivity index (χ2v) is 5.27. The molecule has 0 aromatic heterocycles. The third kappa shape index (κ3) is 6.55. The van der Waals surface area contributed by atoms with Crippen LogP contribution in [0, 0.1) is 17.2 Å². The van der Waals surface area contributed by atoms with Crippen molar-refractivity contribution in [2.45, 2.75) is 39.2 Å². The van der Waals surface area contributed by atoms with Gasteiger partial charge < -0.3 is 10.1 Å². The van der Waals surface area contributed by atoms with Gasteiger partial charge in [-0.15, -0.1) is 0 Å². The van der Waals surface area contributed by atoms with Gasteiger partial charge in [-0.25, -0.2) is 0 Å². The van der Waals surface area contributed by atoms with Crippen molar-refractivity contribution in [1.29, 1.82) is 5.26 Å². The molecule has 1 N–H and O–H groups in total. The number of rotatable bonds is 7. The van der Waals surface area contributed by atoms with E-state index in [1.54, 1.807) is 0 Å². The van der Waals surface area contributed by atoms with Crippen LogP contribution in [-0.2, 0) is 9.53 Å². The zero-order valence-corrected chi connectivity index (χ0v) is 12.0. The quantitative estimate of drug-likeness (QED) is 0.555. The lowest BCUT2D eigenvalue weighted by Crippen LogP contribution is -2.41. The smallest absolute Gasteiger partial charge is 0.223 e. The normalized spacial score (nSPS) is 17.4. The Morgan fingerprint density at radius 2 is 2.16 bits per heavy atom. The molecule has 5 heteroatoms. The van der Waals surface area contributed by atoms with Crippen molar-refractivity contribution in [3.63, 3.8) is 0 Å². The number of carbonyl (C=O) groups is 1. The molecule has 1 aliphatic rings. The minimum atomic E-state index is 0.112.